The van der Waals surface area contributed by atoms with Crippen molar-refractivity contribution in [2.45, 2.75) is 10.6 Å². The minimum absolute atomic E-state index is 0.0431. The van der Waals surface area contributed by atoms with Gasteiger partial charge in [0.05, 0.1) is 0 Å². The van der Waals surface area contributed by atoms with E-state index >= 15 is 0 Å². The molecule has 122 valence electrons. The first-order chi connectivity index (χ1) is 11.8. The summed E-state index contributed by atoms with van der Waals surface area (Å²) in [6.07, 6.45) is 0. The highest BCUT2D eigenvalue weighted by Crippen LogP contribution is 2.22. The van der Waals surface area contributed by atoms with E-state index in [4.69, 9.17) is 4.74 Å². The first-order valence-electron chi connectivity index (χ1n) is 7.99. The maximum absolute atomic E-state index is 9.53. The number of hydrogen-bond acceptors (Lipinski definition) is 2. The van der Waals surface area contributed by atoms with Gasteiger partial charge in [-0.3, -0.25) is 0 Å². The van der Waals surface area contributed by atoms with Crippen LogP contribution >= 0.6 is 0 Å². The smallest absolute Gasteiger partial charge is 0.155 e. The third-order valence-corrected chi connectivity index (χ3v) is 5.98. The zero-order valence-electron chi connectivity index (χ0n) is 13.5. The molecule has 1 unspecified atom stereocenters. The van der Waals surface area contributed by atoms with Gasteiger partial charge < -0.3 is 9.84 Å². The van der Waals surface area contributed by atoms with Gasteiger partial charge in [0.2, 0.25) is 0 Å². The Morgan fingerprint density at radius 1 is 0.750 bits per heavy atom. The summed E-state index contributed by atoms with van der Waals surface area (Å²) in [4.78, 5) is 1.26. The first kappa shape index (κ1) is 16.5. The van der Waals surface area contributed by atoms with E-state index in [2.05, 4.69) is 24.3 Å². The molecule has 0 fully saturated rings. The van der Waals surface area contributed by atoms with Crippen molar-refractivity contribution >= 4 is 10.9 Å². The lowest BCUT2D eigenvalue weighted by Gasteiger charge is -2.10. The van der Waals surface area contributed by atoms with Gasteiger partial charge in [0, 0.05) is 16.5 Å². The maximum atomic E-state index is 9.53. The number of aromatic hydroxyl groups is 1. The molecule has 0 amide bonds. The fourth-order valence-electron chi connectivity index (χ4n) is 2.46. The Balaban J connectivity index is 1.68. The Morgan fingerprint density at radius 2 is 1.38 bits per heavy atom. The predicted molar refractivity (Wildman–Crippen MR) is 101 cm³/mol. The van der Waals surface area contributed by atoms with Gasteiger partial charge in [-0.05, 0) is 36.4 Å². The molecule has 1 N–H and O–H groups in total. The third kappa shape index (κ3) is 4.80. The van der Waals surface area contributed by atoms with Crippen molar-refractivity contribution in [3.05, 3.63) is 90.5 Å². The topological polar surface area (TPSA) is 29.5 Å². The second-order valence-electron chi connectivity index (χ2n) is 5.48. The number of hydrogen-bond donors (Lipinski definition) is 1. The molecule has 0 saturated carbocycles. The summed E-state index contributed by atoms with van der Waals surface area (Å²) in [5.41, 5.74) is 1.33. The maximum Gasteiger partial charge on any atom is 0.155 e. The van der Waals surface area contributed by atoms with Crippen molar-refractivity contribution in [1.82, 2.24) is 0 Å². The van der Waals surface area contributed by atoms with Crippen LogP contribution in [0.4, 0.5) is 0 Å². The molecule has 0 saturated heterocycles. The summed E-state index contributed by atoms with van der Waals surface area (Å²) in [7, 11) is 0.0431. The molecule has 0 aliphatic heterocycles. The molecule has 0 spiro atoms. The van der Waals surface area contributed by atoms with Crippen molar-refractivity contribution in [3.63, 3.8) is 0 Å². The van der Waals surface area contributed by atoms with Crippen LogP contribution in [0.15, 0.2) is 89.8 Å². The zero-order valence-corrected chi connectivity index (χ0v) is 14.3. The van der Waals surface area contributed by atoms with Crippen LogP contribution in [0.3, 0.4) is 0 Å². The monoisotopic (exact) mass is 337 g/mol. The number of rotatable bonds is 7. The van der Waals surface area contributed by atoms with Crippen LogP contribution in [0.1, 0.15) is 5.56 Å². The molecule has 0 aromatic heterocycles. The Bertz CT molecular complexity index is 727. The lowest BCUT2D eigenvalue weighted by molar-refractivity contribution is 0.343. The highest BCUT2D eigenvalue weighted by atomic mass is 32.2. The van der Waals surface area contributed by atoms with E-state index in [1.807, 2.05) is 48.5 Å². The van der Waals surface area contributed by atoms with E-state index in [1.165, 1.54) is 10.5 Å². The molecule has 3 aromatic rings. The molecule has 3 aromatic carbocycles. The fraction of sp³-hybridized carbons (Fsp3) is 0.143. The Labute approximate surface area is 146 Å². The molecule has 0 radical (unpaired) electrons. The largest absolute Gasteiger partial charge is 0.508 e. The molecular weight excluding hydrogens is 316 g/mol. The summed E-state index contributed by atoms with van der Waals surface area (Å²) >= 11 is 0. The van der Waals surface area contributed by atoms with Crippen molar-refractivity contribution in [3.8, 4) is 11.5 Å². The summed E-state index contributed by atoms with van der Waals surface area (Å²) in [6, 6.07) is 28.0. The normalized spacial score (nSPS) is 11.8. The average molecular weight is 337 g/mol. The average Bonchev–Trinajstić information content (AvgIpc) is 2.63. The number of para-hydroxylation sites is 1. The van der Waals surface area contributed by atoms with Gasteiger partial charge in [0.15, 0.2) is 4.90 Å². The Hall–Kier alpha value is -2.39. The van der Waals surface area contributed by atoms with Gasteiger partial charge >= 0.3 is 0 Å². The molecule has 24 heavy (non-hydrogen) atoms. The second-order valence-corrected chi connectivity index (χ2v) is 7.64. The number of phenols is 1. The second kappa shape index (κ2) is 8.46. The van der Waals surface area contributed by atoms with Crippen molar-refractivity contribution in [2.75, 3.05) is 12.4 Å². The van der Waals surface area contributed by atoms with Crippen molar-refractivity contribution in [1.29, 1.82) is 0 Å². The minimum Gasteiger partial charge on any atom is -0.508 e. The molecule has 3 heteroatoms. The van der Waals surface area contributed by atoms with Crippen LogP contribution in [-0.4, -0.2) is 17.5 Å². The molecule has 2 nitrogen and oxygen atoms in total. The van der Waals surface area contributed by atoms with Crippen LogP contribution in [0.5, 0.6) is 11.5 Å². The minimum atomic E-state index is 0.0431. The highest BCUT2D eigenvalue weighted by molar-refractivity contribution is 7.96. The third-order valence-electron chi connectivity index (χ3n) is 3.70. The summed E-state index contributed by atoms with van der Waals surface area (Å²) in [5.74, 6) is 3.16. The zero-order chi connectivity index (χ0) is 16.6. The van der Waals surface area contributed by atoms with Crippen molar-refractivity contribution < 1.29 is 9.84 Å². The van der Waals surface area contributed by atoms with E-state index in [9.17, 15) is 5.11 Å². The lowest BCUT2D eigenvalue weighted by atomic mass is 10.2. The summed E-state index contributed by atoms with van der Waals surface area (Å²) in [5, 5.41) is 9.53. The molecule has 0 aliphatic rings. The first-order valence-corrected chi connectivity index (χ1v) is 9.56. The van der Waals surface area contributed by atoms with Crippen LogP contribution in [0.25, 0.3) is 0 Å². The fourth-order valence-corrected chi connectivity index (χ4v) is 4.41. The van der Waals surface area contributed by atoms with E-state index in [0.717, 1.165) is 17.3 Å². The summed E-state index contributed by atoms with van der Waals surface area (Å²) < 4.78 is 5.88. The Morgan fingerprint density at radius 3 is 2.04 bits per heavy atom. The van der Waals surface area contributed by atoms with Gasteiger partial charge in [-0.15, -0.1) is 0 Å². The van der Waals surface area contributed by atoms with Crippen molar-refractivity contribution in [2.24, 2.45) is 0 Å². The van der Waals surface area contributed by atoms with Gasteiger partial charge in [-0.2, -0.15) is 0 Å². The number of phenolic OH excluding ortho intramolecular Hbond substituents is 1. The lowest BCUT2D eigenvalue weighted by Crippen LogP contribution is -2.17. The van der Waals surface area contributed by atoms with Gasteiger partial charge in [-0.1, -0.05) is 48.5 Å². The van der Waals surface area contributed by atoms with Crippen LogP contribution < -0.4 is 4.74 Å². The molecule has 0 heterocycles. The van der Waals surface area contributed by atoms with E-state index in [-0.39, 0.29) is 10.9 Å². The van der Waals surface area contributed by atoms with E-state index < -0.39 is 0 Å². The van der Waals surface area contributed by atoms with E-state index in [1.54, 1.807) is 12.1 Å². The molecule has 1 atom stereocenters. The number of benzene rings is 3. The van der Waals surface area contributed by atoms with Crippen LogP contribution in [-0.2, 0) is 16.6 Å². The highest BCUT2D eigenvalue weighted by Gasteiger charge is 2.22. The standard InChI is InChI=1S/C21H20O2S/c22-19-11-13-21(14-12-19)24(17-18-7-3-1-4-8-18)16-15-23-20-9-5-2-6-10-20/h1-14H,15-17H2/p+1. The van der Waals surface area contributed by atoms with Crippen LogP contribution in [0.2, 0.25) is 0 Å². The van der Waals surface area contributed by atoms with Crippen LogP contribution in [0, 0.1) is 0 Å². The SMILES string of the molecule is Oc1ccc([S+](CCOc2ccccc2)Cc2ccccc2)cc1. The molecular formula is C21H21O2S+. The van der Waals surface area contributed by atoms with Gasteiger partial charge in [0.25, 0.3) is 0 Å². The predicted octanol–water partition coefficient (Wildman–Crippen LogP) is 4.65. The molecule has 3 rings (SSSR count). The van der Waals surface area contributed by atoms with Gasteiger partial charge in [0.1, 0.15) is 29.6 Å². The van der Waals surface area contributed by atoms with Gasteiger partial charge in [-0.25, -0.2) is 0 Å². The van der Waals surface area contributed by atoms with E-state index in [0.29, 0.717) is 12.4 Å². The Kier molecular flexibility index (Phi) is 5.80. The molecule has 0 aliphatic carbocycles. The summed E-state index contributed by atoms with van der Waals surface area (Å²) in [6.45, 7) is 0.681. The molecule has 0 bridgehead atoms. The number of ether oxygens (including phenoxy) is 1. The quantitative estimate of drug-likeness (QED) is 0.636.